The van der Waals surface area contributed by atoms with Gasteiger partial charge in [-0.1, -0.05) is 42.5 Å². The molecule has 8 heteroatoms. The van der Waals surface area contributed by atoms with Gasteiger partial charge in [0, 0.05) is 19.3 Å². The van der Waals surface area contributed by atoms with Crippen LogP contribution in [0.25, 0.3) is 23.2 Å². The third-order valence-electron chi connectivity index (χ3n) is 5.23. The van der Waals surface area contributed by atoms with E-state index in [1.165, 1.54) is 4.57 Å². The second-order valence-corrected chi connectivity index (χ2v) is 7.03. The SMILES string of the molecule is Cc1nn(-c2nc3c(c(=O)[nH]c(=O)n3C)n2C/C=C\c2ccccc2)c(C)c1C. The predicted molar refractivity (Wildman–Crippen MR) is 112 cm³/mol. The zero-order valence-corrected chi connectivity index (χ0v) is 16.8. The van der Waals surface area contributed by atoms with Crippen LogP contribution in [0.5, 0.6) is 0 Å². The van der Waals surface area contributed by atoms with Crippen LogP contribution in [0.1, 0.15) is 22.5 Å². The minimum Gasteiger partial charge on any atom is -0.299 e. The molecule has 0 fully saturated rings. The number of hydrogen-bond acceptors (Lipinski definition) is 4. The average Bonchev–Trinajstić information content (AvgIpc) is 3.20. The van der Waals surface area contributed by atoms with Crippen molar-refractivity contribution < 1.29 is 0 Å². The maximum Gasteiger partial charge on any atom is 0.329 e. The summed E-state index contributed by atoms with van der Waals surface area (Å²) in [5.41, 5.74) is 3.65. The molecule has 1 N–H and O–H groups in total. The Labute approximate surface area is 166 Å². The highest BCUT2D eigenvalue weighted by atomic mass is 16.2. The molecule has 148 valence electrons. The molecular weight excluding hydrogens is 368 g/mol. The zero-order chi connectivity index (χ0) is 20.7. The van der Waals surface area contributed by atoms with Gasteiger partial charge in [-0.05, 0) is 31.9 Å². The van der Waals surface area contributed by atoms with Gasteiger partial charge in [-0.3, -0.25) is 18.9 Å². The summed E-state index contributed by atoms with van der Waals surface area (Å²) in [6.45, 7) is 6.30. The molecule has 0 saturated carbocycles. The van der Waals surface area contributed by atoms with Crippen LogP contribution < -0.4 is 11.2 Å². The quantitative estimate of drug-likeness (QED) is 0.579. The van der Waals surface area contributed by atoms with E-state index in [1.807, 2.05) is 63.3 Å². The van der Waals surface area contributed by atoms with Crippen molar-refractivity contribution in [2.45, 2.75) is 27.3 Å². The normalized spacial score (nSPS) is 11.7. The Balaban J connectivity index is 1.93. The van der Waals surface area contributed by atoms with Crippen molar-refractivity contribution in [3.8, 4) is 5.95 Å². The Morgan fingerprint density at radius 2 is 1.83 bits per heavy atom. The Hall–Kier alpha value is -3.68. The molecule has 4 aromatic rings. The molecule has 1 aromatic carbocycles. The van der Waals surface area contributed by atoms with Crippen LogP contribution in [0, 0.1) is 20.8 Å². The second kappa shape index (κ2) is 7.05. The van der Waals surface area contributed by atoms with Gasteiger partial charge in [0.2, 0.25) is 5.95 Å². The van der Waals surface area contributed by atoms with Gasteiger partial charge in [0.15, 0.2) is 11.2 Å². The number of aromatic nitrogens is 6. The van der Waals surface area contributed by atoms with Crippen LogP contribution >= 0.6 is 0 Å². The van der Waals surface area contributed by atoms with Gasteiger partial charge >= 0.3 is 5.69 Å². The summed E-state index contributed by atoms with van der Waals surface area (Å²) in [5.74, 6) is 0.498. The molecule has 3 heterocycles. The molecule has 0 unspecified atom stereocenters. The summed E-state index contributed by atoms with van der Waals surface area (Å²) in [7, 11) is 1.59. The van der Waals surface area contributed by atoms with E-state index in [0.29, 0.717) is 23.7 Å². The number of allylic oxidation sites excluding steroid dienone is 1. The fourth-order valence-corrected chi connectivity index (χ4v) is 3.33. The highest BCUT2D eigenvalue weighted by molar-refractivity contribution is 5.72. The molecule has 0 saturated heterocycles. The van der Waals surface area contributed by atoms with Gasteiger partial charge in [0.25, 0.3) is 5.56 Å². The van der Waals surface area contributed by atoms with E-state index in [-0.39, 0.29) is 0 Å². The highest BCUT2D eigenvalue weighted by Gasteiger charge is 2.20. The van der Waals surface area contributed by atoms with E-state index in [4.69, 9.17) is 0 Å². The molecular formula is C21H22N6O2. The van der Waals surface area contributed by atoms with E-state index >= 15 is 0 Å². The summed E-state index contributed by atoms with van der Waals surface area (Å²) >= 11 is 0. The van der Waals surface area contributed by atoms with Crippen LogP contribution in [0.15, 0.2) is 46.0 Å². The Kier molecular flexibility index (Phi) is 4.54. The van der Waals surface area contributed by atoms with Crippen LogP contribution in [0.3, 0.4) is 0 Å². The summed E-state index contributed by atoms with van der Waals surface area (Å²) < 4.78 is 4.85. The second-order valence-electron chi connectivity index (χ2n) is 7.03. The molecule has 0 bridgehead atoms. The largest absolute Gasteiger partial charge is 0.329 e. The Morgan fingerprint density at radius 3 is 2.48 bits per heavy atom. The lowest BCUT2D eigenvalue weighted by Gasteiger charge is -2.07. The number of benzene rings is 1. The van der Waals surface area contributed by atoms with Gasteiger partial charge in [0.05, 0.1) is 5.69 Å². The number of aromatic amines is 1. The molecule has 0 aliphatic carbocycles. The Bertz CT molecular complexity index is 1350. The number of nitrogens with one attached hydrogen (secondary N) is 1. The zero-order valence-electron chi connectivity index (χ0n) is 16.8. The van der Waals surface area contributed by atoms with Crippen molar-refractivity contribution in [2.75, 3.05) is 0 Å². The van der Waals surface area contributed by atoms with Crippen molar-refractivity contribution in [1.29, 1.82) is 0 Å². The lowest BCUT2D eigenvalue weighted by atomic mass is 10.2. The van der Waals surface area contributed by atoms with Gasteiger partial charge in [-0.15, -0.1) is 0 Å². The first kappa shape index (κ1) is 18.7. The Morgan fingerprint density at radius 1 is 1.10 bits per heavy atom. The first-order valence-electron chi connectivity index (χ1n) is 9.33. The number of hydrogen-bond donors (Lipinski definition) is 1. The van der Waals surface area contributed by atoms with E-state index in [2.05, 4.69) is 15.1 Å². The number of imidazole rings is 1. The first-order chi connectivity index (χ1) is 13.9. The smallest absolute Gasteiger partial charge is 0.299 e. The van der Waals surface area contributed by atoms with Gasteiger partial charge in [-0.25, -0.2) is 9.48 Å². The highest BCUT2D eigenvalue weighted by Crippen LogP contribution is 2.20. The number of H-pyrrole nitrogens is 1. The molecule has 0 radical (unpaired) electrons. The number of rotatable bonds is 4. The number of fused-ring (bicyclic) bond motifs is 1. The van der Waals surface area contributed by atoms with E-state index < -0.39 is 11.2 Å². The van der Waals surface area contributed by atoms with Gasteiger partial charge in [-0.2, -0.15) is 10.1 Å². The molecule has 0 aliphatic heterocycles. The number of nitrogens with zero attached hydrogens (tertiary/aromatic N) is 5. The molecule has 8 nitrogen and oxygen atoms in total. The lowest BCUT2D eigenvalue weighted by Crippen LogP contribution is -2.29. The molecule has 3 aromatic heterocycles. The van der Waals surface area contributed by atoms with Crippen molar-refractivity contribution >= 4 is 17.2 Å². The summed E-state index contributed by atoms with van der Waals surface area (Å²) in [6, 6.07) is 9.91. The monoisotopic (exact) mass is 390 g/mol. The molecule has 4 rings (SSSR count). The van der Waals surface area contributed by atoms with E-state index in [0.717, 1.165) is 22.5 Å². The van der Waals surface area contributed by atoms with Crippen LogP contribution in [0.2, 0.25) is 0 Å². The lowest BCUT2D eigenvalue weighted by molar-refractivity contribution is 0.709. The van der Waals surface area contributed by atoms with Crippen LogP contribution in [-0.4, -0.2) is 28.9 Å². The topological polar surface area (TPSA) is 90.5 Å². The fourth-order valence-electron chi connectivity index (χ4n) is 3.33. The van der Waals surface area contributed by atoms with Crippen molar-refractivity contribution in [3.63, 3.8) is 0 Å². The maximum atomic E-state index is 12.6. The van der Waals surface area contributed by atoms with E-state index in [1.54, 1.807) is 16.3 Å². The predicted octanol–water partition coefficient (Wildman–Crippen LogP) is 2.25. The van der Waals surface area contributed by atoms with Crippen molar-refractivity contribution in [1.82, 2.24) is 28.9 Å². The third-order valence-corrected chi connectivity index (χ3v) is 5.23. The molecule has 0 spiro atoms. The average molecular weight is 390 g/mol. The van der Waals surface area contributed by atoms with Crippen molar-refractivity contribution in [2.24, 2.45) is 7.05 Å². The van der Waals surface area contributed by atoms with E-state index in [9.17, 15) is 9.59 Å². The maximum absolute atomic E-state index is 12.6. The minimum atomic E-state index is -0.497. The molecule has 29 heavy (non-hydrogen) atoms. The fraction of sp³-hybridized carbons (Fsp3) is 0.238. The first-order valence-corrected chi connectivity index (χ1v) is 9.33. The van der Waals surface area contributed by atoms with Crippen molar-refractivity contribution in [3.05, 3.63) is 79.8 Å². The summed E-state index contributed by atoms with van der Waals surface area (Å²) in [5, 5.41) is 4.59. The van der Waals surface area contributed by atoms with Crippen LogP contribution in [0.4, 0.5) is 0 Å². The number of aryl methyl sites for hydroxylation is 2. The third kappa shape index (κ3) is 3.12. The molecule has 0 amide bonds. The standard InChI is InChI=1S/C21H22N6O2/c1-13-14(2)24-27(15(13)3)20-22-18-17(19(28)23-21(29)25(18)4)26(20)12-8-11-16-9-6-5-7-10-16/h5-11H,12H2,1-4H3,(H,23,28,29)/b11-8-. The van der Waals surface area contributed by atoms with Gasteiger partial charge < -0.3 is 0 Å². The summed E-state index contributed by atoms with van der Waals surface area (Å²) in [4.78, 5) is 31.7. The summed E-state index contributed by atoms with van der Waals surface area (Å²) in [6.07, 6.45) is 3.95. The molecule has 0 aliphatic rings. The minimum absolute atomic E-state index is 0.326. The molecule has 0 atom stereocenters. The van der Waals surface area contributed by atoms with Crippen LogP contribution in [-0.2, 0) is 13.6 Å². The van der Waals surface area contributed by atoms with Gasteiger partial charge in [0.1, 0.15) is 0 Å².